The van der Waals surface area contributed by atoms with Crippen LogP contribution < -0.4 is 0 Å². The monoisotopic (exact) mass is 1440 g/mol. The number of aliphatic hydroxyl groups is 1. The minimum Gasteiger partial charge on any atom is -0.462 e. The fourth-order valence-electron chi connectivity index (χ4n) is 12.2. The van der Waals surface area contributed by atoms with Crippen molar-refractivity contribution in [3.05, 3.63) is 0 Å². The van der Waals surface area contributed by atoms with Crippen LogP contribution in [-0.4, -0.2) is 96.7 Å². The Balaban J connectivity index is 5.20. The van der Waals surface area contributed by atoms with Crippen LogP contribution in [0, 0.1) is 5.92 Å². The van der Waals surface area contributed by atoms with Crippen LogP contribution in [0.1, 0.15) is 420 Å². The van der Waals surface area contributed by atoms with Gasteiger partial charge in [-0.3, -0.25) is 37.3 Å². The van der Waals surface area contributed by atoms with Gasteiger partial charge in [-0.05, 0) is 31.6 Å². The maximum absolute atomic E-state index is 13.1. The van der Waals surface area contributed by atoms with Crippen LogP contribution in [0.3, 0.4) is 0 Å². The molecule has 0 aromatic rings. The molecule has 19 heteroatoms. The molecule has 98 heavy (non-hydrogen) atoms. The predicted molar refractivity (Wildman–Crippen MR) is 400 cm³/mol. The van der Waals surface area contributed by atoms with Crippen molar-refractivity contribution in [3.63, 3.8) is 0 Å². The lowest BCUT2D eigenvalue weighted by Gasteiger charge is -2.21. The van der Waals surface area contributed by atoms with Gasteiger partial charge in [0.15, 0.2) is 12.2 Å². The second-order valence-electron chi connectivity index (χ2n) is 28.9. The SMILES string of the molecule is CCCCCCCCCCCCCCCCCCCCCC(=O)O[C@H](COC(=O)CCCCCCCCCCCCCCCCCC)COP(=O)(O)OC[C@@H](O)COP(=O)(O)OC[C@@H](COC(=O)CCCCCCCCCC)OC(=O)CCCCCCCCCCCCCCC(C)C. The maximum Gasteiger partial charge on any atom is 0.472 e. The highest BCUT2D eigenvalue weighted by Crippen LogP contribution is 2.45. The molecule has 0 rings (SSSR count). The molecule has 3 N–H and O–H groups in total. The van der Waals surface area contributed by atoms with Crippen LogP contribution in [0.5, 0.6) is 0 Å². The molecule has 0 spiro atoms. The van der Waals surface area contributed by atoms with Crippen LogP contribution in [0.4, 0.5) is 0 Å². The first-order chi connectivity index (χ1) is 47.5. The van der Waals surface area contributed by atoms with Gasteiger partial charge in [-0.1, -0.05) is 369 Å². The van der Waals surface area contributed by atoms with Gasteiger partial charge in [0.25, 0.3) is 0 Å². The number of aliphatic hydroxyl groups excluding tert-OH is 1. The van der Waals surface area contributed by atoms with E-state index < -0.39 is 97.5 Å². The fourth-order valence-corrected chi connectivity index (χ4v) is 13.8. The molecule has 0 aliphatic carbocycles. The Morgan fingerprint density at radius 1 is 0.276 bits per heavy atom. The number of hydrogen-bond acceptors (Lipinski definition) is 15. The fraction of sp³-hybridized carbons (Fsp3) is 0.949. The Morgan fingerprint density at radius 3 is 0.694 bits per heavy atom. The highest BCUT2D eigenvalue weighted by molar-refractivity contribution is 7.47. The summed E-state index contributed by atoms with van der Waals surface area (Å²) in [5.41, 5.74) is 0. The third-order valence-electron chi connectivity index (χ3n) is 18.5. The number of rotatable bonds is 79. The third-order valence-corrected chi connectivity index (χ3v) is 20.4. The second-order valence-corrected chi connectivity index (χ2v) is 31.8. The molecule has 0 radical (unpaired) electrons. The second kappa shape index (κ2) is 72.0. The average molecular weight is 1440 g/mol. The predicted octanol–water partition coefficient (Wildman–Crippen LogP) is 23.6. The molecule has 2 unspecified atom stereocenters. The lowest BCUT2D eigenvalue weighted by atomic mass is 10.0. The summed E-state index contributed by atoms with van der Waals surface area (Å²) in [4.78, 5) is 72.9. The van der Waals surface area contributed by atoms with Gasteiger partial charge in [0, 0.05) is 25.7 Å². The van der Waals surface area contributed by atoms with Crippen molar-refractivity contribution in [2.75, 3.05) is 39.6 Å². The maximum atomic E-state index is 13.1. The molecule has 5 atom stereocenters. The van der Waals surface area contributed by atoms with Crippen LogP contribution in [-0.2, 0) is 65.4 Å². The molecule has 0 aromatic heterocycles. The van der Waals surface area contributed by atoms with Crippen LogP contribution >= 0.6 is 15.6 Å². The summed E-state index contributed by atoms with van der Waals surface area (Å²) in [6, 6.07) is 0. The van der Waals surface area contributed by atoms with Crippen molar-refractivity contribution in [1.82, 2.24) is 0 Å². The first kappa shape index (κ1) is 96.1. The zero-order valence-corrected chi connectivity index (χ0v) is 65.7. The van der Waals surface area contributed by atoms with Gasteiger partial charge in [0.1, 0.15) is 19.3 Å². The van der Waals surface area contributed by atoms with E-state index in [2.05, 4.69) is 34.6 Å². The Hall–Kier alpha value is -1.94. The molecule has 0 bridgehead atoms. The van der Waals surface area contributed by atoms with E-state index in [1.165, 1.54) is 238 Å². The summed E-state index contributed by atoms with van der Waals surface area (Å²) in [6.45, 7) is 7.30. The molecular formula is C79H154O17P2. The van der Waals surface area contributed by atoms with Crippen molar-refractivity contribution in [2.24, 2.45) is 5.92 Å². The zero-order valence-electron chi connectivity index (χ0n) is 63.9. The van der Waals surface area contributed by atoms with E-state index in [9.17, 15) is 43.2 Å². The van der Waals surface area contributed by atoms with Crippen LogP contribution in [0.25, 0.3) is 0 Å². The minimum absolute atomic E-state index is 0.107. The van der Waals surface area contributed by atoms with Gasteiger partial charge in [-0.2, -0.15) is 0 Å². The Labute approximate surface area is 600 Å². The molecule has 17 nitrogen and oxygen atoms in total. The van der Waals surface area contributed by atoms with Gasteiger partial charge in [0.05, 0.1) is 26.4 Å². The largest absolute Gasteiger partial charge is 0.472 e. The van der Waals surface area contributed by atoms with E-state index in [0.717, 1.165) is 102 Å². The number of carbonyl (C=O) groups is 4. The number of ether oxygens (including phenoxy) is 4. The number of unbranched alkanes of at least 4 members (excludes halogenated alkanes) is 51. The first-order valence-corrected chi connectivity index (χ1v) is 44.1. The summed E-state index contributed by atoms with van der Waals surface area (Å²) in [5, 5.41) is 10.6. The number of carbonyl (C=O) groups excluding carboxylic acids is 4. The normalized spacial score (nSPS) is 13.9. The summed E-state index contributed by atoms with van der Waals surface area (Å²) in [7, 11) is -9.91. The van der Waals surface area contributed by atoms with Crippen LogP contribution in [0.15, 0.2) is 0 Å². The van der Waals surface area contributed by atoms with E-state index in [4.69, 9.17) is 37.0 Å². The Kier molecular flexibility index (Phi) is 70.6. The average Bonchev–Trinajstić information content (AvgIpc) is 0.965. The molecule has 0 saturated heterocycles. The number of hydrogen-bond donors (Lipinski definition) is 3. The molecular weight excluding hydrogens is 1280 g/mol. The van der Waals surface area contributed by atoms with Gasteiger partial charge < -0.3 is 33.8 Å². The molecule has 0 amide bonds. The topological polar surface area (TPSA) is 237 Å². The van der Waals surface area contributed by atoms with Crippen molar-refractivity contribution >= 4 is 39.5 Å². The van der Waals surface area contributed by atoms with E-state index in [-0.39, 0.29) is 25.7 Å². The van der Waals surface area contributed by atoms with E-state index in [1.807, 2.05) is 0 Å². The Morgan fingerprint density at radius 2 is 0.469 bits per heavy atom. The summed E-state index contributed by atoms with van der Waals surface area (Å²) >= 11 is 0. The molecule has 0 aromatic carbocycles. The van der Waals surface area contributed by atoms with E-state index >= 15 is 0 Å². The van der Waals surface area contributed by atoms with Crippen molar-refractivity contribution in [3.8, 4) is 0 Å². The standard InChI is InChI=1S/C79H154O17P2/c1-6-9-12-15-18-21-23-25-27-29-30-31-33-35-40-44-49-54-59-64-78(83)96-75(69-90-77(82)63-58-53-48-43-39-34-32-28-26-24-22-19-16-13-10-7-2)71-94-98(87,88)92-67-73(80)66-91-97(85,86)93-70-74(68-89-76(81)62-57-52-47-20-17-14-11-8-3)95-79(84)65-60-55-50-45-41-37-36-38-42-46-51-56-61-72(4)5/h72-75,80H,6-71H2,1-5H3,(H,85,86)(H,87,88)/t73-,74+,75+/m0/s1. The highest BCUT2D eigenvalue weighted by atomic mass is 31.2. The molecule has 582 valence electrons. The van der Waals surface area contributed by atoms with Gasteiger partial charge in [-0.15, -0.1) is 0 Å². The van der Waals surface area contributed by atoms with E-state index in [0.29, 0.717) is 25.7 Å². The van der Waals surface area contributed by atoms with E-state index in [1.54, 1.807) is 0 Å². The first-order valence-electron chi connectivity index (χ1n) is 41.1. The summed E-state index contributed by atoms with van der Waals surface area (Å²) < 4.78 is 68.6. The van der Waals surface area contributed by atoms with Crippen molar-refractivity contribution in [1.29, 1.82) is 0 Å². The van der Waals surface area contributed by atoms with Crippen LogP contribution in [0.2, 0.25) is 0 Å². The lowest BCUT2D eigenvalue weighted by molar-refractivity contribution is -0.161. The lowest BCUT2D eigenvalue weighted by Crippen LogP contribution is -2.30. The number of phosphoric ester groups is 2. The summed E-state index contributed by atoms with van der Waals surface area (Å²) in [6.07, 6.45) is 62.5. The number of phosphoric acid groups is 2. The van der Waals surface area contributed by atoms with Gasteiger partial charge >= 0.3 is 39.5 Å². The molecule has 0 fully saturated rings. The Bertz CT molecular complexity index is 1870. The third kappa shape index (κ3) is 72.4. The molecule has 0 saturated carbocycles. The summed E-state index contributed by atoms with van der Waals surface area (Å²) in [5.74, 6) is -1.33. The quantitative estimate of drug-likeness (QED) is 0.0222. The van der Waals surface area contributed by atoms with Gasteiger partial charge in [0.2, 0.25) is 0 Å². The van der Waals surface area contributed by atoms with Crippen molar-refractivity contribution in [2.45, 2.75) is 438 Å². The molecule has 0 aliphatic rings. The highest BCUT2D eigenvalue weighted by Gasteiger charge is 2.30. The van der Waals surface area contributed by atoms with Crippen molar-refractivity contribution < 1.29 is 80.2 Å². The number of esters is 4. The molecule has 0 heterocycles. The minimum atomic E-state index is -4.96. The molecule has 0 aliphatic heterocycles. The van der Waals surface area contributed by atoms with Gasteiger partial charge in [-0.25, -0.2) is 9.13 Å². The zero-order chi connectivity index (χ0) is 71.9. The smallest absolute Gasteiger partial charge is 0.462 e.